The molecule has 1 fully saturated rings. The minimum Gasteiger partial charge on any atom is -0.328 e. The number of likely N-dealkylation sites (tertiary alicyclic amines) is 1. The summed E-state index contributed by atoms with van der Waals surface area (Å²) in [6.45, 7) is 8.86. The van der Waals surface area contributed by atoms with E-state index in [2.05, 4.69) is 41.1 Å². The monoisotopic (exact) mass is 316 g/mol. The molecule has 0 aliphatic carbocycles. The Labute approximate surface area is 136 Å². The molecular formula is C16H24N6O. The highest BCUT2D eigenvalue weighted by atomic mass is 16.2. The molecule has 1 aliphatic rings. The van der Waals surface area contributed by atoms with Crippen molar-refractivity contribution < 1.29 is 4.79 Å². The number of aryl methyl sites for hydroxylation is 1. The van der Waals surface area contributed by atoms with Crippen LogP contribution in [-0.4, -0.2) is 42.3 Å². The number of H-pyrrole nitrogens is 1. The van der Waals surface area contributed by atoms with E-state index in [1.54, 1.807) is 0 Å². The van der Waals surface area contributed by atoms with Crippen LogP contribution in [0.4, 0.5) is 0 Å². The van der Waals surface area contributed by atoms with Gasteiger partial charge in [0, 0.05) is 12.7 Å². The number of nitrogens with one attached hydrogen (secondary N) is 1. The number of nitrogens with zero attached hydrogens (tertiary/aromatic N) is 5. The van der Waals surface area contributed by atoms with E-state index in [-0.39, 0.29) is 17.5 Å². The van der Waals surface area contributed by atoms with Crippen LogP contribution >= 0.6 is 0 Å². The second kappa shape index (κ2) is 5.79. The Morgan fingerprint density at radius 1 is 1.35 bits per heavy atom. The van der Waals surface area contributed by atoms with E-state index < -0.39 is 0 Å². The van der Waals surface area contributed by atoms with Crippen molar-refractivity contribution in [2.24, 2.45) is 0 Å². The Kier molecular flexibility index (Phi) is 3.95. The molecule has 7 heteroatoms. The molecule has 1 N–H and O–H groups in total. The van der Waals surface area contributed by atoms with Crippen LogP contribution in [0.15, 0.2) is 12.5 Å². The third-order valence-corrected chi connectivity index (χ3v) is 4.33. The molecule has 3 heterocycles. The lowest BCUT2D eigenvalue weighted by Gasteiger charge is -2.34. The zero-order valence-corrected chi connectivity index (χ0v) is 14.2. The lowest BCUT2D eigenvalue weighted by Crippen LogP contribution is -2.39. The summed E-state index contributed by atoms with van der Waals surface area (Å²) in [7, 11) is 0. The first-order valence-corrected chi connectivity index (χ1v) is 8.11. The molecule has 0 aromatic carbocycles. The van der Waals surface area contributed by atoms with E-state index in [1.165, 1.54) is 6.33 Å². The van der Waals surface area contributed by atoms with Crippen molar-refractivity contribution in [3.63, 3.8) is 0 Å². The van der Waals surface area contributed by atoms with E-state index in [9.17, 15) is 4.79 Å². The van der Waals surface area contributed by atoms with Gasteiger partial charge in [-0.15, -0.1) is 0 Å². The number of carbonyl (C=O) groups is 1. The highest BCUT2D eigenvalue weighted by Gasteiger charge is 2.32. The number of aromatic amines is 1. The first-order chi connectivity index (χ1) is 10.9. The molecule has 2 aromatic rings. The van der Waals surface area contributed by atoms with Crippen molar-refractivity contribution in [3.8, 4) is 0 Å². The van der Waals surface area contributed by atoms with Crippen LogP contribution in [0.1, 0.15) is 68.0 Å². The number of amides is 1. The Morgan fingerprint density at radius 2 is 2.13 bits per heavy atom. The van der Waals surface area contributed by atoms with Gasteiger partial charge in [-0.25, -0.2) is 4.98 Å². The zero-order chi connectivity index (χ0) is 16.6. The van der Waals surface area contributed by atoms with Crippen LogP contribution in [0.2, 0.25) is 0 Å². The Morgan fingerprint density at radius 3 is 2.74 bits per heavy atom. The van der Waals surface area contributed by atoms with Gasteiger partial charge < -0.3 is 4.90 Å². The van der Waals surface area contributed by atoms with Crippen molar-refractivity contribution in [3.05, 3.63) is 29.6 Å². The van der Waals surface area contributed by atoms with Gasteiger partial charge in [0.1, 0.15) is 12.2 Å². The highest BCUT2D eigenvalue weighted by molar-refractivity contribution is 5.95. The molecule has 0 spiro atoms. The minimum absolute atomic E-state index is 0.0269. The number of piperidine rings is 1. The van der Waals surface area contributed by atoms with Gasteiger partial charge >= 0.3 is 0 Å². The van der Waals surface area contributed by atoms with Crippen LogP contribution in [-0.2, 0) is 5.54 Å². The third-order valence-electron chi connectivity index (χ3n) is 4.33. The van der Waals surface area contributed by atoms with Crippen LogP contribution in [0.25, 0.3) is 0 Å². The summed E-state index contributed by atoms with van der Waals surface area (Å²) < 4.78 is 1.86. The molecule has 0 saturated carbocycles. The van der Waals surface area contributed by atoms with Gasteiger partial charge in [-0.3, -0.25) is 14.6 Å². The summed E-state index contributed by atoms with van der Waals surface area (Å²) in [5, 5.41) is 11.4. The van der Waals surface area contributed by atoms with Crippen molar-refractivity contribution in [1.82, 2.24) is 29.9 Å². The molecule has 124 valence electrons. The quantitative estimate of drug-likeness (QED) is 0.923. The van der Waals surface area contributed by atoms with Crippen LogP contribution in [0.5, 0.6) is 0 Å². The Bertz CT molecular complexity index is 682. The molecule has 23 heavy (non-hydrogen) atoms. The lowest BCUT2D eigenvalue weighted by atomic mass is 10.0. The average Bonchev–Trinajstić information content (AvgIpc) is 3.15. The maximum Gasteiger partial charge on any atom is 0.257 e. The van der Waals surface area contributed by atoms with Crippen molar-refractivity contribution in [2.75, 3.05) is 6.54 Å². The van der Waals surface area contributed by atoms with E-state index in [1.807, 2.05) is 22.7 Å². The number of hydrogen-bond acceptors (Lipinski definition) is 4. The maximum absolute atomic E-state index is 13.1. The second-order valence-corrected chi connectivity index (χ2v) is 7.12. The predicted molar refractivity (Wildman–Crippen MR) is 86.0 cm³/mol. The van der Waals surface area contributed by atoms with Gasteiger partial charge in [0.25, 0.3) is 5.91 Å². The van der Waals surface area contributed by atoms with Gasteiger partial charge in [-0.2, -0.15) is 10.2 Å². The minimum atomic E-state index is -0.143. The fraction of sp³-hybridized carbons (Fsp3) is 0.625. The topological polar surface area (TPSA) is 79.7 Å². The molecule has 1 amide bonds. The summed E-state index contributed by atoms with van der Waals surface area (Å²) in [6, 6.07) is -0.0314. The Hall–Kier alpha value is -2.18. The van der Waals surface area contributed by atoms with Crippen LogP contribution in [0, 0.1) is 6.92 Å². The van der Waals surface area contributed by atoms with Crippen molar-refractivity contribution in [1.29, 1.82) is 0 Å². The van der Waals surface area contributed by atoms with Crippen LogP contribution < -0.4 is 0 Å². The van der Waals surface area contributed by atoms with Crippen molar-refractivity contribution >= 4 is 5.91 Å². The number of aromatic nitrogens is 5. The fourth-order valence-corrected chi connectivity index (χ4v) is 3.00. The van der Waals surface area contributed by atoms with Gasteiger partial charge in [0.15, 0.2) is 0 Å². The normalized spacial score (nSPS) is 19.1. The molecule has 1 aliphatic heterocycles. The van der Waals surface area contributed by atoms with Gasteiger partial charge in [0.05, 0.1) is 22.8 Å². The summed E-state index contributed by atoms with van der Waals surface area (Å²) in [4.78, 5) is 19.2. The van der Waals surface area contributed by atoms with Crippen LogP contribution in [0.3, 0.4) is 0 Å². The zero-order valence-electron chi connectivity index (χ0n) is 14.2. The van der Waals surface area contributed by atoms with Crippen molar-refractivity contribution in [2.45, 2.75) is 58.5 Å². The van der Waals surface area contributed by atoms with E-state index in [0.29, 0.717) is 5.56 Å². The standard InChI is InChI=1S/C16H24N6O/c1-11-12(9-22(20-11)16(2,3)4)15(23)21-8-6-5-7-13(21)14-17-10-18-19-14/h9-10,13H,5-8H2,1-4H3,(H,17,18,19). The molecule has 3 rings (SSSR count). The average molecular weight is 316 g/mol. The molecule has 2 aromatic heterocycles. The number of hydrogen-bond donors (Lipinski definition) is 1. The number of carbonyl (C=O) groups excluding carboxylic acids is 1. The SMILES string of the molecule is Cc1nn(C(C)(C)C)cc1C(=O)N1CCCCC1c1ncn[nH]1. The van der Waals surface area contributed by atoms with E-state index >= 15 is 0 Å². The van der Waals surface area contributed by atoms with Gasteiger partial charge in [-0.1, -0.05) is 0 Å². The van der Waals surface area contributed by atoms with Gasteiger partial charge in [0.2, 0.25) is 0 Å². The molecule has 1 saturated heterocycles. The molecule has 1 unspecified atom stereocenters. The smallest absolute Gasteiger partial charge is 0.257 e. The van der Waals surface area contributed by atoms with E-state index in [4.69, 9.17) is 0 Å². The Balaban J connectivity index is 1.91. The summed E-state index contributed by atoms with van der Waals surface area (Å²) in [6.07, 6.45) is 6.38. The summed E-state index contributed by atoms with van der Waals surface area (Å²) in [5.41, 5.74) is 1.30. The fourth-order valence-electron chi connectivity index (χ4n) is 3.00. The largest absolute Gasteiger partial charge is 0.328 e. The predicted octanol–water partition coefficient (Wildman–Crippen LogP) is 2.43. The highest BCUT2D eigenvalue weighted by Crippen LogP contribution is 2.30. The third kappa shape index (κ3) is 3.00. The first kappa shape index (κ1) is 15.7. The van der Waals surface area contributed by atoms with E-state index in [0.717, 1.165) is 37.3 Å². The molecule has 7 nitrogen and oxygen atoms in total. The lowest BCUT2D eigenvalue weighted by molar-refractivity contribution is 0.0599. The van der Waals surface area contributed by atoms with Gasteiger partial charge in [-0.05, 0) is 47.0 Å². The summed E-state index contributed by atoms with van der Waals surface area (Å²) >= 11 is 0. The first-order valence-electron chi connectivity index (χ1n) is 8.11. The molecular weight excluding hydrogens is 292 g/mol. The molecule has 1 atom stereocenters. The number of rotatable bonds is 2. The summed E-state index contributed by atoms with van der Waals surface area (Å²) in [5.74, 6) is 0.790. The molecule has 0 bridgehead atoms. The second-order valence-electron chi connectivity index (χ2n) is 7.12. The maximum atomic E-state index is 13.1. The molecule has 0 radical (unpaired) electrons.